The fourth-order valence-corrected chi connectivity index (χ4v) is 6.34. The maximum Gasteiger partial charge on any atom is 0.331 e. The van der Waals surface area contributed by atoms with E-state index < -0.39 is 147 Å². The average Bonchev–Trinajstić information content (AvgIpc) is 3.19. The molecule has 5 rings (SSSR count). The third kappa shape index (κ3) is 10.3. The first-order valence-corrected chi connectivity index (χ1v) is 17.7. The molecule has 2 aromatic carbocycles. The van der Waals surface area contributed by atoms with E-state index in [4.69, 9.17) is 37.9 Å². The number of aliphatic hydroxyl groups is 8. The number of ether oxygens (including phenoxy) is 8. The van der Waals surface area contributed by atoms with Crippen LogP contribution in [0.2, 0.25) is 0 Å². The van der Waals surface area contributed by atoms with Crippen LogP contribution < -0.4 is 0 Å². The summed E-state index contributed by atoms with van der Waals surface area (Å²) in [4.78, 5) is 13.4. The number of rotatable bonds is 14. The lowest BCUT2D eigenvalue weighted by molar-refractivity contribution is -0.365. The minimum Gasteiger partial charge on any atom is -0.504 e. The summed E-state index contributed by atoms with van der Waals surface area (Å²) in [6.07, 6.45) is -24.2. The van der Waals surface area contributed by atoms with Crippen molar-refractivity contribution in [3.05, 3.63) is 53.6 Å². The molecule has 3 heterocycles. The highest BCUT2D eigenvalue weighted by Crippen LogP contribution is 2.34. The van der Waals surface area contributed by atoms with Crippen molar-refractivity contribution in [2.45, 2.75) is 105 Å². The van der Waals surface area contributed by atoms with Gasteiger partial charge < -0.3 is 99.2 Å². The number of hydrogen-bond acceptors (Lipinski definition) is 21. The number of aromatic hydroxyl groups is 4. The van der Waals surface area contributed by atoms with Crippen LogP contribution in [0.1, 0.15) is 24.2 Å². The number of phenolic OH excluding ortho intramolecular Hbond substituents is 4. The van der Waals surface area contributed by atoms with Crippen molar-refractivity contribution in [1.29, 1.82) is 0 Å². The van der Waals surface area contributed by atoms with Crippen molar-refractivity contribution in [2.75, 3.05) is 26.9 Å². The van der Waals surface area contributed by atoms with Gasteiger partial charge >= 0.3 is 5.97 Å². The maximum atomic E-state index is 13.4. The SMILES string of the molecule is COC(CO[C@@H]1O[C@H](CO[C@@H]2O[C@H](CO)[C@@H](O)[C@H](O)[C@H]2O)[C@@H](OC(=O)/C=C/c2ccc(O)c(O)c2)[C@H](O[C@@H]2O[C@@H](C)[C@H](O)[C@@H](O)[C@H]2O)[C@H]1O)c1ccc(O)c(O)c1. The first-order chi connectivity index (χ1) is 27.0. The smallest absolute Gasteiger partial charge is 0.331 e. The van der Waals surface area contributed by atoms with E-state index in [1.54, 1.807) is 0 Å². The van der Waals surface area contributed by atoms with Gasteiger partial charge in [0, 0.05) is 13.2 Å². The summed E-state index contributed by atoms with van der Waals surface area (Å²) in [5.41, 5.74) is 0.579. The molecule has 3 aliphatic heterocycles. The molecule has 0 radical (unpaired) electrons. The quantitative estimate of drug-likeness (QED) is 0.0512. The second-order valence-corrected chi connectivity index (χ2v) is 13.6. The van der Waals surface area contributed by atoms with E-state index >= 15 is 0 Å². The summed E-state index contributed by atoms with van der Waals surface area (Å²) in [6.45, 7) is -0.522. The molecule has 1 unspecified atom stereocenters. The van der Waals surface area contributed by atoms with Gasteiger partial charge in [0.2, 0.25) is 0 Å². The van der Waals surface area contributed by atoms with Gasteiger partial charge in [0.1, 0.15) is 67.1 Å². The predicted octanol–water partition coefficient (Wildman–Crippen LogP) is -3.05. The van der Waals surface area contributed by atoms with Gasteiger partial charge in [-0.25, -0.2) is 4.79 Å². The van der Waals surface area contributed by atoms with Gasteiger partial charge in [-0.3, -0.25) is 0 Å². The second kappa shape index (κ2) is 19.3. The molecule has 0 saturated carbocycles. The minimum atomic E-state index is -1.93. The number of phenols is 4. The lowest BCUT2D eigenvalue weighted by atomic mass is 9.96. The molecular formula is C36H48O21. The zero-order valence-corrected chi connectivity index (χ0v) is 30.5. The average molecular weight is 817 g/mol. The lowest BCUT2D eigenvalue weighted by Crippen LogP contribution is -2.65. The molecule has 21 nitrogen and oxygen atoms in total. The normalized spacial score (nSPS) is 36.6. The monoisotopic (exact) mass is 816 g/mol. The largest absolute Gasteiger partial charge is 0.504 e. The molecular weight excluding hydrogens is 768 g/mol. The molecule has 0 aromatic heterocycles. The Kier molecular flexibility index (Phi) is 15.0. The van der Waals surface area contributed by atoms with Gasteiger partial charge in [0.15, 0.2) is 48.0 Å². The number of esters is 1. The molecule has 12 N–H and O–H groups in total. The van der Waals surface area contributed by atoms with E-state index in [0.29, 0.717) is 5.56 Å². The van der Waals surface area contributed by atoms with Gasteiger partial charge in [-0.15, -0.1) is 0 Å². The van der Waals surface area contributed by atoms with E-state index in [9.17, 15) is 66.1 Å². The van der Waals surface area contributed by atoms with Crippen LogP contribution in [0.5, 0.6) is 23.0 Å². The Morgan fingerprint density at radius 1 is 0.702 bits per heavy atom. The van der Waals surface area contributed by atoms with Crippen LogP contribution in [0.3, 0.4) is 0 Å². The molecule has 0 bridgehead atoms. The third-order valence-corrected chi connectivity index (χ3v) is 9.72. The van der Waals surface area contributed by atoms with Crippen molar-refractivity contribution in [1.82, 2.24) is 0 Å². The topological polar surface area (TPSA) is 334 Å². The van der Waals surface area contributed by atoms with Crippen LogP contribution in [0.4, 0.5) is 0 Å². The standard InChI is InChI=1S/C36H48O21/c1-14-25(43)27(45)30(48)36(53-14)57-33-31(49)35(51-12-22(50-2)16-5-7-18(39)20(41)10-16)55-23(13-52-34-29(47)28(46)26(44)21(11-37)54-34)32(33)56-24(42)8-4-15-3-6-17(38)19(40)9-15/h3-10,14,21-23,25-41,43-49H,11-13H2,1-2H3/b8-4+/t14-,21+,22?,23+,25-,26+,27+,28-,29+,30+,31+,32+,33+,34+,35+,36-/m0/s1. The number of benzene rings is 2. The molecule has 2 aromatic rings. The van der Waals surface area contributed by atoms with E-state index in [2.05, 4.69) is 0 Å². The van der Waals surface area contributed by atoms with Crippen LogP contribution in [-0.2, 0) is 42.7 Å². The number of carbonyl (C=O) groups is 1. The second-order valence-electron chi connectivity index (χ2n) is 13.6. The van der Waals surface area contributed by atoms with Gasteiger partial charge in [-0.05, 0) is 48.4 Å². The van der Waals surface area contributed by atoms with Crippen molar-refractivity contribution in [3.63, 3.8) is 0 Å². The van der Waals surface area contributed by atoms with E-state index in [-0.39, 0.29) is 5.56 Å². The summed E-state index contributed by atoms with van der Waals surface area (Å²) in [5.74, 6) is -2.87. The Hall–Kier alpha value is -3.75. The van der Waals surface area contributed by atoms with E-state index in [1.165, 1.54) is 50.4 Å². The molecule has 16 atom stereocenters. The fraction of sp³-hybridized carbons (Fsp3) is 0.583. The zero-order chi connectivity index (χ0) is 41.7. The van der Waals surface area contributed by atoms with Crippen molar-refractivity contribution >= 4 is 12.0 Å². The van der Waals surface area contributed by atoms with Crippen molar-refractivity contribution in [2.24, 2.45) is 0 Å². The van der Waals surface area contributed by atoms with Gasteiger partial charge in [0.25, 0.3) is 0 Å². The summed E-state index contributed by atoms with van der Waals surface area (Å²) in [7, 11) is 1.31. The molecule has 3 fully saturated rings. The highest BCUT2D eigenvalue weighted by atomic mass is 16.8. The molecule has 0 spiro atoms. The minimum absolute atomic E-state index is 0.251. The molecule has 0 aliphatic carbocycles. The Morgan fingerprint density at radius 3 is 1.96 bits per heavy atom. The summed E-state index contributed by atoms with van der Waals surface area (Å²) in [6, 6.07) is 7.53. The molecule has 0 amide bonds. The maximum absolute atomic E-state index is 13.4. The van der Waals surface area contributed by atoms with E-state index in [0.717, 1.165) is 12.1 Å². The number of aliphatic hydroxyl groups excluding tert-OH is 8. The van der Waals surface area contributed by atoms with Crippen LogP contribution in [0.15, 0.2) is 42.5 Å². The molecule has 3 aliphatic rings. The lowest BCUT2D eigenvalue weighted by Gasteiger charge is -2.47. The van der Waals surface area contributed by atoms with Gasteiger partial charge in [0.05, 0.1) is 25.9 Å². The Balaban J connectivity index is 1.47. The number of methoxy groups -OCH3 is 1. The highest BCUT2D eigenvalue weighted by Gasteiger charge is 2.53. The number of hydrogen-bond donors (Lipinski definition) is 12. The summed E-state index contributed by atoms with van der Waals surface area (Å²) >= 11 is 0. The zero-order valence-electron chi connectivity index (χ0n) is 30.5. The summed E-state index contributed by atoms with van der Waals surface area (Å²) < 4.78 is 45.9. The Labute approximate surface area is 324 Å². The van der Waals surface area contributed by atoms with Gasteiger partial charge in [-0.1, -0.05) is 12.1 Å². The molecule has 318 valence electrons. The first kappa shape index (κ1) is 44.4. The third-order valence-electron chi connectivity index (χ3n) is 9.72. The highest BCUT2D eigenvalue weighted by molar-refractivity contribution is 5.87. The van der Waals surface area contributed by atoms with Crippen LogP contribution in [-0.4, -0.2) is 186 Å². The van der Waals surface area contributed by atoms with Crippen LogP contribution in [0.25, 0.3) is 6.08 Å². The molecule has 21 heteroatoms. The fourth-order valence-electron chi connectivity index (χ4n) is 6.34. The Bertz CT molecular complexity index is 1660. The summed E-state index contributed by atoms with van der Waals surface area (Å²) in [5, 5.41) is 123. The predicted molar refractivity (Wildman–Crippen MR) is 186 cm³/mol. The number of carbonyl (C=O) groups excluding carboxylic acids is 1. The van der Waals surface area contributed by atoms with Crippen LogP contribution >= 0.6 is 0 Å². The molecule has 3 saturated heterocycles. The molecule has 57 heavy (non-hydrogen) atoms. The first-order valence-electron chi connectivity index (χ1n) is 17.7. The van der Waals surface area contributed by atoms with Crippen molar-refractivity contribution in [3.8, 4) is 23.0 Å². The van der Waals surface area contributed by atoms with E-state index in [1.807, 2.05) is 0 Å². The van der Waals surface area contributed by atoms with Gasteiger partial charge in [-0.2, -0.15) is 0 Å². The van der Waals surface area contributed by atoms with Crippen molar-refractivity contribution < 1.29 is 104 Å². The Morgan fingerprint density at radius 2 is 1.32 bits per heavy atom. The van der Waals surface area contributed by atoms with Crippen LogP contribution in [0, 0.1) is 0 Å².